The Morgan fingerprint density at radius 1 is 0.667 bits per heavy atom. The third-order valence-corrected chi connectivity index (χ3v) is 6.62. The molecule has 0 bridgehead atoms. The SMILES string of the molecule is CCCCCc1ccc(C#Cc2ccc(C#Cc3ccc(CCCCC)cc3)c(COCC(O)CO)c2)cc1. The predicted octanol–water partition coefficient (Wildman–Crippen LogP) is 6.82. The number of ether oxygens (including phenoxy) is 1. The van der Waals surface area contributed by atoms with E-state index in [0.29, 0.717) is 0 Å². The highest BCUT2D eigenvalue weighted by molar-refractivity contribution is 5.52. The van der Waals surface area contributed by atoms with Gasteiger partial charge in [0.05, 0.1) is 19.8 Å². The van der Waals surface area contributed by atoms with Crippen molar-refractivity contribution >= 4 is 0 Å². The van der Waals surface area contributed by atoms with E-state index in [0.717, 1.165) is 40.7 Å². The van der Waals surface area contributed by atoms with E-state index in [1.165, 1.54) is 49.7 Å². The molecule has 1 unspecified atom stereocenters. The summed E-state index contributed by atoms with van der Waals surface area (Å²) in [4.78, 5) is 0. The zero-order chi connectivity index (χ0) is 27.7. The zero-order valence-corrected chi connectivity index (χ0v) is 23.5. The maximum atomic E-state index is 9.67. The molecule has 3 aromatic carbocycles. The van der Waals surface area contributed by atoms with Crippen molar-refractivity contribution in [2.24, 2.45) is 0 Å². The molecule has 0 heterocycles. The topological polar surface area (TPSA) is 49.7 Å². The van der Waals surface area contributed by atoms with Gasteiger partial charge in [-0.3, -0.25) is 0 Å². The fourth-order valence-electron chi connectivity index (χ4n) is 4.22. The first kappa shape index (κ1) is 30.2. The van der Waals surface area contributed by atoms with Crippen LogP contribution < -0.4 is 0 Å². The van der Waals surface area contributed by atoms with Gasteiger partial charge in [0.1, 0.15) is 6.10 Å². The number of benzene rings is 3. The molecular formula is C36H42O3. The highest BCUT2D eigenvalue weighted by Gasteiger charge is 2.06. The maximum absolute atomic E-state index is 9.67. The molecule has 0 aromatic heterocycles. The van der Waals surface area contributed by atoms with Crippen molar-refractivity contribution in [1.29, 1.82) is 0 Å². The summed E-state index contributed by atoms with van der Waals surface area (Å²) in [5, 5.41) is 18.8. The fraction of sp³-hybridized carbons (Fsp3) is 0.389. The van der Waals surface area contributed by atoms with Crippen molar-refractivity contribution in [2.45, 2.75) is 77.9 Å². The zero-order valence-electron chi connectivity index (χ0n) is 23.5. The highest BCUT2D eigenvalue weighted by Crippen LogP contribution is 2.15. The summed E-state index contributed by atoms with van der Waals surface area (Å²) >= 11 is 0. The van der Waals surface area contributed by atoms with Crippen molar-refractivity contribution in [3.63, 3.8) is 0 Å². The molecule has 0 saturated heterocycles. The van der Waals surface area contributed by atoms with Crippen LogP contribution >= 0.6 is 0 Å². The van der Waals surface area contributed by atoms with Crippen LogP contribution in [0.1, 0.15) is 91.3 Å². The molecular weight excluding hydrogens is 480 g/mol. The highest BCUT2D eigenvalue weighted by atomic mass is 16.5. The quantitative estimate of drug-likeness (QED) is 0.191. The molecule has 3 nitrogen and oxygen atoms in total. The molecule has 0 spiro atoms. The number of aliphatic hydroxyl groups is 2. The average molecular weight is 523 g/mol. The first-order chi connectivity index (χ1) is 19.1. The first-order valence-corrected chi connectivity index (χ1v) is 14.3. The molecule has 0 radical (unpaired) electrons. The molecule has 3 heteroatoms. The Kier molecular flexibility index (Phi) is 13.4. The normalized spacial score (nSPS) is 11.3. The Bertz CT molecular complexity index is 1250. The number of unbranched alkanes of at least 4 members (excludes halogenated alkanes) is 4. The summed E-state index contributed by atoms with van der Waals surface area (Å²) in [5.74, 6) is 13.1. The van der Waals surface area contributed by atoms with Crippen molar-refractivity contribution in [3.8, 4) is 23.7 Å². The Labute approximate surface area is 235 Å². The number of aryl methyl sites for hydroxylation is 2. The lowest BCUT2D eigenvalue weighted by molar-refractivity contribution is -0.0000266. The third-order valence-electron chi connectivity index (χ3n) is 6.62. The lowest BCUT2D eigenvalue weighted by Gasteiger charge is -2.10. The maximum Gasteiger partial charge on any atom is 0.100 e. The van der Waals surface area contributed by atoms with Crippen LogP contribution in [0.25, 0.3) is 0 Å². The standard InChI is InChI=1S/C36H42O3/c1-3-5-7-9-29-11-15-31(16-12-29)19-20-33-22-24-34(35(25-33)27-39-28-36(38)26-37)23-21-32-17-13-30(14-18-32)10-8-6-4-2/h11-18,22,24-25,36-38H,3-10,26-28H2,1-2H3. The second kappa shape index (κ2) is 17.3. The predicted molar refractivity (Wildman–Crippen MR) is 160 cm³/mol. The van der Waals surface area contributed by atoms with Gasteiger partial charge in [0.15, 0.2) is 0 Å². The van der Waals surface area contributed by atoms with Crippen LogP contribution in [0.4, 0.5) is 0 Å². The molecule has 0 amide bonds. The van der Waals surface area contributed by atoms with Crippen LogP contribution in [0.5, 0.6) is 0 Å². The van der Waals surface area contributed by atoms with Crippen molar-refractivity contribution in [3.05, 3.63) is 106 Å². The van der Waals surface area contributed by atoms with E-state index in [-0.39, 0.29) is 19.8 Å². The van der Waals surface area contributed by atoms with E-state index in [1.807, 2.05) is 18.2 Å². The molecule has 3 aromatic rings. The molecule has 3 rings (SSSR count). The van der Waals surface area contributed by atoms with Gasteiger partial charge < -0.3 is 14.9 Å². The Morgan fingerprint density at radius 3 is 1.72 bits per heavy atom. The monoisotopic (exact) mass is 522 g/mol. The summed E-state index contributed by atoms with van der Waals surface area (Å²) in [6.07, 6.45) is 8.74. The van der Waals surface area contributed by atoms with Crippen LogP contribution in [0, 0.1) is 23.7 Å². The molecule has 0 fully saturated rings. The van der Waals surface area contributed by atoms with E-state index in [1.54, 1.807) is 0 Å². The van der Waals surface area contributed by atoms with Crippen molar-refractivity contribution < 1.29 is 14.9 Å². The van der Waals surface area contributed by atoms with E-state index in [4.69, 9.17) is 9.84 Å². The van der Waals surface area contributed by atoms with Gasteiger partial charge in [0.25, 0.3) is 0 Å². The van der Waals surface area contributed by atoms with Crippen molar-refractivity contribution in [1.82, 2.24) is 0 Å². The Morgan fingerprint density at radius 2 is 1.18 bits per heavy atom. The van der Waals surface area contributed by atoms with E-state index in [2.05, 4.69) is 86.1 Å². The lowest BCUT2D eigenvalue weighted by Crippen LogP contribution is -2.19. The summed E-state index contributed by atoms with van der Waals surface area (Å²) in [7, 11) is 0. The van der Waals surface area contributed by atoms with Gasteiger partial charge in [-0.15, -0.1) is 0 Å². The molecule has 2 N–H and O–H groups in total. The molecule has 1 atom stereocenters. The number of aliphatic hydroxyl groups excluding tert-OH is 2. The van der Waals surface area contributed by atoms with Crippen LogP contribution in [0.2, 0.25) is 0 Å². The van der Waals surface area contributed by atoms with Gasteiger partial charge in [0.2, 0.25) is 0 Å². The summed E-state index contributed by atoms with van der Waals surface area (Å²) in [5.41, 5.74) is 7.31. The third kappa shape index (κ3) is 11.1. The van der Waals surface area contributed by atoms with Crippen LogP contribution in [0.15, 0.2) is 66.7 Å². The minimum atomic E-state index is -0.900. The minimum Gasteiger partial charge on any atom is -0.394 e. The van der Waals surface area contributed by atoms with E-state index < -0.39 is 6.10 Å². The molecule has 0 saturated carbocycles. The van der Waals surface area contributed by atoms with Gasteiger partial charge in [-0.1, -0.05) is 87.5 Å². The van der Waals surface area contributed by atoms with Crippen LogP contribution in [-0.2, 0) is 24.2 Å². The molecule has 0 aliphatic heterocycles. The molecule has 204 valence electrons. The van der Waals surface area contributed by atoms with Gasteiger partial charge in [0, 0.05) is 22.3 Å². The lowest BCUT2D eigenvalue weighted by atomic mass is 10.0. The van der Waals surface area contributed by atoms with Gasteiger partial charge >= 0.3 is 0 Å². The fourth-order valence-corrected chi connectivity index (χ4v) is 4.22. The van der Waals surface area contributed by atoms with E-state index in [9.17, 15) is 5.11 Å². The second-order valence-corrected chi connectivity index (χ2v) is 10.0. The number of hydrogen-bond acceptors (Lipinski definition) is 3. The largest absolute Gasteiger partial charge is 0.394 e. The molecule has 39 heavy (non-hydrogen) atoms. The Hall–Kier alpha value is -3.34. The van der Waals surface area contributed by atoms with E-state index >= 15 is 0 Å². The Balaban J connectivity index is 1.74. The summed E-state index contributed by atoms with van der Waals surface area (Å²) in [6.45, 7) is 4.45. The van der Waals surface area contributed by atoms with Gasteiger partial charge in [-0.25, -0.2) is 0 Å². The second-order valence-electron chi connectivity index (χ2n) is 10.0. The summed E-state index contributed by atoms with van der Waals surface area (Å²) in [6, 6.07) is 23.0. The molecule has 0 aliphatic rings. The number of hydrogen-bond donors (Lipinski definition) is 2. The minimum absolute atomic E-state index is 0.0589. The van der Waals surface area contributed by atoms with Crippen LogP contribution in [0.3, 0.4) is 0 Å². The summed E-state index contributed by atoms with van der Waals surface area (Å²) < 4.78 is 5.67. The molecule has 0 aliphatic carbocycles. The van der Waals surface area contributed by atoms with Crippen LogP contribution in [-0.4, -0.2) is 29.5 Å². The van der Waals surface area contributed by atoms with Crippen molar-refractivity contribution in [2.75, 3.05) is 13.2 Å². The average Bonchev–Trinajstić information content (AvgIpc) is 2.97. The van der Waals surface area contributed by atoms with Gasteiger partial charge in [-0.2, -0.15) is 0 Å². The van der Waals surface area contributed by atoms with Gasteiger partial charge in [-0.05, 0) is 84.8 Å². The number of rotatable bonds is 13. The first-order valence-electron chi connectivity index (χ1n) is 14.3. The smallest absolute Gasteiger partial charge is 0.100 e.